The van der Waals surface area contributed by atoms with E-state index in [1.807, 2.05) is 13.8 Å². The standard InChI is InChI=1S/C8H18N4O2S/c1-8(2)4-7-15(13,14)11-6-3-5-10-12-9/h8,11H,3-7H2,1-2H3. The molecule has 0 aromatic rings. The fourth-order valence-corrected chi connectivity index (χ4v) is 2.27. The third-order valence-corrected chi connectivity index (χ3v) is 3.20. The smallest absolute Gasteiger partial charge is 0.211 e. The summed E-state index contributed by atoms with van der Waals surface area (Å²) in [7, 11) is -3.15. The fraction of sp³-hybridized carbons (Fsp3) is 1.00. The molecular formula is C8H18N4O2S. The predicted molar refractivity (Wildman–Crippen MR) is 59.9 cm³/mol. The maximum atomic E-state index is 11.4. The Balaban J connectivity index is 3.70. The van der Waals surface area contributed by atoms with Crippen molar-refractivity contribution in [1.82, 2.24) is 4.72 Å². The van der Waals surface area contributed by atoms with Crippen LogP contribution in [0.1, 0.15) is 26.7 Å². The Kier molecular flexibility index (Phi) is 7.11. The molecule has 0 heterocycles. The summed E-state index contributed by atoms with van der Waals surface area (Å²) in [6.45, 7) is 4.62. The molecule has 0 amide bonds. The monoisotopic (exact) mass is 234 g/mol. The van der Waals surface area contributed by atoms with Gasteiger partial charge in [0, 0.05) is 18.0 Å². The van der Waals surface area contributed by atoms with E-state index in [0.29, 0.717) is 31.8 Å². The lowest BCUT2D eigenvalue weighted by molar-refractivity contribution is 0.560. The normalized spacial score (nSPS) is 11.4. The van der Waals surface area contributed by atoms with Gasteiger partial charge in [-0.2, -0.15) is 0 Å². The van der Waals surface area contributed by atoms with Crippen molar-refractivity contribution in [2.75, 3.05) is 18.8 Å². The van der Waals surface area contributed by atoms with Gasteiger partial charge in [0.15, 0.2) is 0 Å². The molecular weight excluding hydrogens is 216 g/mol. The summed E-state index contributed by atoms with van der Waals surface area (Å²) in [5.41, 5.74) is 7.99. The molecule has 0 bridgehead atoms. The first-order valence-corrected chi connectivity index (χ1v) is 6.61. The highest BCUT2D eigenvalue weighted by molar-refractivity contribution is 7.89. The largest absolute Gasteiger partial charge is 0.215 e. The zero-order chi connectivity index (χ0) is 11.7. The van der Waals surface area contributed by atoms with Crippen LogP contribution in [0.25, 0.3) is 10.4 Å². The first-order valence-electron chi connectivity index (χ1n) is 4.96. The minimum Gasteiger partial charge on any atom is -0.215 e. The molecule has 0 saturated carbocycles. The third kappa shape index (κ3) is 9.52. The van der Waals surface area contributed by atoms with Gasteiger partial charge in [-0.15, -0.1) is 0 Å². The van der Waals surface area contributed by atoms with E-state index in [0.717, 1.165) is 0 Å². The molecule has 0 aromatic carbocycles. The van der Waals surface area contributed by atoms with Gasteiger partial charge in [-0.25, -0.2) is 13.1 Å². The summed E-state index contributed by atoms with van der Waals surface area (Å²) >= 11 is 0. The van der Waals surface area contributed by atoms with Crippen LogP contribution in [0.4, 0.5) is 0 Å². The van der Waals surface area contributed by atoms with Gasteiger partial charge in [-0.1, -0.05) is 19.0 Å². The number of nitrogens with zero attached hydrogens (tertiary/aromatic N) is 3. The molecule has 0 aliphatic carbocycles. The van der Waals surface area contributed by atoms with Crippen LogP contribution in [0.15, 0.2) is 5.11 Å². The molecule has 88 valence electrons. The fourth-order valence-electron chi connectivity index (χ4n) is 0.885. The molecule has 0 aromatic heterocycles. The number of azide groups is 1. The van der Waals surface area contributed by atoms with Crippen LogP contribution in [0.2, 0.25) is 0 Å². The Morgan fingerprint density at radius 1 is 1.47 bits per heavy atom. The Labute approximate surface area is 90.7 Å². The third-order valence-electron chi connectivity index (χ3n) is 1.78. The molecule has 0 radical (unpaired) electrons. The van der Waals surface area contributed by atoms with Gasteiger partial charge in [0.05, 0.1) is 5.75 Å². The molecule has 0 unspecified atom stereocenters. The summed E-state index contributed by atoms with van der Waals surface area (Å²) < 4.78 is 25.2. The minimum atomic E-state index is -3.15. The molecule has 1 N–H and O–H groups in total. The van der Waals surface area contributed by atoms with Crippen molar-refractivity contribution in [3.05, 3.63) is 10.4 Å². The zero-order valence-electron chi connectivity index (χ0n) is 9.18. The maximum absolute atomic E-state index is 11.4. The molecule has 0 spiro atoms. The molecule has 0 fully saturated rings. The molecule has 0 aliphatic rings. The second kappa shape index (κ2) is 7.50. The topological polar surface area (TPSA) is 94.9 Å². The van der Waals surface area contributed by atoms with E-state index in [1.165, 1.54) is 0 Å². The van der Waals surface area contributed by atoms with E-state index in [4.69, 9.17) is 5.53 Å². The Morgan fingerprint density at radius 2 is 2.13 bits per heavy atom. The molecule has 6 nitrogen and oxygen atoms in total. The molecule has 7 heteroatoms. The number of sulfonamides is 1. The van der Waals surface area contributed by atoms with Gasteiger partial charge in [-0.3, -0.25) is 0 Å². The summed E-state index contributed by atoms with van der Waals surface area (Å²) in [5.74, 6) is 0.538. The number of hydrogen-bond donors (Lipinski definition) is 1. The first-order chi connectivity index (χ1) is 6.98. The number of nitrogens with one attached hydrogen (secondary N) is 1. The lowest BCUT2D eigenvalue weighted by Gasteiger charge is -2.07. The van der Waals surface area contributed by atoms with Crippen LogP contribution in [0, 0.1) is 5.92 Å². The van der Waals surface area contributed by atoms with Crippen LogP contribution in [0.5, 0.6) is 0 Å². The van der Waals surface area contributed by atoms with E-state index in [1.54, 1.807) is 0 Å². The van der Waals surface area contributed by atoms with Crippen LogP contribution in [-0.2, 0) is 10.0 Å². The maximum Gasteiger partial charge on any atom is 0.211 e. The van der Waals surface area contributed by atoms with Crippen LogP contribution < -0.4 is 4.72 Å². The van der Waals surface area contributed by atoms with Crippen molar-refractivity contribution < 1.29 is 8.42 Å². The van der Waals surface area contributed by atoms with Gasteiger partial charge < -0.3 is 0 Å². The quantitative estimate of drug-likeness (QED) is 0.299. The van der Waals surface area contributed by atoms with E-state index >= 15 is 0 Å². The molecule has 0 atom stereocenters. The van der Waals surface area contributed by atoms with Gasteiger partial charge >= 0.3 is 0 Å². The minimum absolute atomic E-state index is 0.159. The van der Waals surface area contributed by atoms with E-state index in [2.05, 4.69) is 14.7 Å². The van der Waals surface area contributed by atoms with Crippen molar-refractivity contribution in [3.63, 3.8) is 0 Å². The van der Waals surface area contributed by atoms with Gasteiger partial charge in [0.2, 0.25) is 10.0 Å². The second-order valence-electron chi connectivity index (χ2n) is 3.70. The highest BCUT2D eigenvalue weighted by atomic mass is 32.2. The average molecular weight is 234 g/mol. The Bertz CT molecular complexity index is 307. The van der Waals surface area contributed by atoms with E-state index in [-0.39, 0.29) is 5.75 Å². The van der Waals surface area contributed by atoms with Gasteiger partial charge in [0.25, 0.3) is 0 Å². The summed E-state index contributed by atoms with van der Waals surface area (Å²) in [5, 5.41) is 3.31. The summed E-state index contributed by atoms with van der Waals surface area (Å²) in [4.78, 5) is 2.58. The Morgan fingerprint density at radius 3 is 2.67 bits per heavy atom. The van der Waals surface area contributed by atoms with Crippen molar-refractivity contribution in [3.8, 4) is 0 Å². The highest BCUT2D eigenvalue weighted by Crippen LogP contribution is 2.01. The van der Waals surface area contributed by atoms with Crippen molar-refractivity contribution >= 4 is 10.0 Å². The summed E-state index contributed by atoms with van der Waals surface area (Å²) in [6, 6.07) is 0. The SMILES string of the molecule is CC(C)CCS(=O)(=O)NCCCN=[N+]=[N-]. The van der Waals surface area contributed by atoms with Crippen LogP contribution in [-0.4, -0.2) is 27.3 Å². The molecule has 0 aliphatic heterocycles. The number of hydrogen-bond acceptors (Lipinski definition) is 3. The highest BCUT2D eigenvalue weighted by Gasteiger charge is 2.09. The first kappa shape index (κ1) is 14.2. The molecule has 15 heavy (non-hydrogen) atoms. The van der Waals surface area contributed by atoms with Crippen LogP contribution >= 0.6 is 0 Å². The predicted octanol–water partition coefficient (Wildman–Crippen LogP) is 1.65. The second-order valence-corrected chi connectivity index (χ2v) is 5.63. The average Bonchev–Trinajstić information content (AvgIpc) is 2.15. The molecule has 0 rings (SSSR count). The lowest BCUT2D eigenvalue weighted by atomic mass is 10.2. The van der Waals surface area contributed by atoms with Crippen molar-refractivity contribution in [2.24, 2.45) is 11.0 Å². The van der Waals surface area contributed by atoms with Crippen LogP contribution in [0.3, 0.4) is 0 Å². The zero-order valence-corrected chi connectivity index (χ0v) is 10.00. The van der Waals surface area contributed by atoms with Gasteiger partial charge in [-0.05, 0) is 24.3 Å². The van der Waals surface area contributed by atoms with E-state index in [9.17, 15) is 8.42 Å². The lowest BCUT2D eigenvalue weighted by Crippen LogP contribution is -2.28. The Hall–Kier alpha value is -0.780. The molecule has 0 saturated heterocycles. The van der Waals surface area contributed by atoms with Crippen molar-refractivity contribution in [2.45, 2.75) is 26.7 Å². The van der Waals surface area contributed by atoms with Crippen molar-refractivity contribution in [1.29, 1.82) is 0 Å². The summed E-state index contributed by atoms with van der Waals surface area (Å²) in [6.07, 6.45) is 1.19. The van der Waals surface area contributed by atoms with Gasteiger partial charge in [0.1, 0.15) is 0 Å². The van der Waals surface area contributed by atoms with E-state index < -0.39 is 10.0 Å². The number of rotatable bonds is 8.